The monoisotopic (exact) mass is 442 g/mol. The van der Waals surface area contributed by atoms with Crippen LogP contribution >= 0.6 is 0 Å². The molecular weight excluding hydrogens is 416 g/mol. The Kier molecular flexibility index (Phi) is 6.75. The summed E-state index contributed by atoms with van der Waals surface area (Å²) in [6, 6.07) is 16.6. The lowest BCUT2D eigenvalue weighted by Gasteiger charge is -2.27. The molecule has 0 spiro atoms. The number of amides is 2. The maximum absolute atomic E-state index is 12.8. The van der Waals surface area contributed by atoms with Gasteiger partial charge < -0.3 is 19.5 Å². The number of hydrogen-bond donors (Lipinski definition) is 1. The van der Waals surface area contributed by atoms with Crippen LogP contribution in [-0.4, -0.2) is 41.5 Å². The van der Waals surface area contributed by atoms with E-state index in [2.05, 4.69) is 5.32 Å². The Balaban J connectivity index is 1.58. The van der Waals surface area contributed by atoms with E-state index in [1.165, 1.54) is 6.42 Å². The molecule has 1 aliphatic heterocycles. The second kappa shape index (κ2) is 10.0. The van der Waals surface area contributed by atoms with Crippen molar-refractivity contribution in [2.45, 2.75) is 25.8 Å². The van der Waals surface area contributed by atoms with Gasteiger partial charge in [-0.25, -0.2) is 0 Å². The van der Waals surface area contributed by atoms with Gasteiger partial charge in [0.2, 0.25) is 5.91 Å². The van der Waals surface area contributed by atoms with E-state index < -0.39 is 5.91 Å². The van der Waals surface area contributed by atoms with E-state index in [0.29, 0.717) is 11.4 Å². The zero-order chi connectivity index (χ0) is 23.2. The zero-order valence-electron chi connectivity index (χ0n) is 18.6. The number of piperidine rings is 1. The highest BCUT2D eigenvalue weighted by atomic mass is 16.5. The van der Waals surface area contributed by atoms with Crippen LogP contribution in [0.25, 0.3) is 17.0 Å². The van der Waals surface area contributed by atoms with Crippen LogP contribution in [-0.2, 0) is 16.1 Å². The normalized spacial score (nSPS) is 14.1. The summed E-state index contributed by atoms with van der Waals surface area (Å²) in [5, 5.41) is 13.3. The second-order valence-electron chi connectivity index (χ2n) is 8.02. The molecular formula is C26H26N4O3. The van der Waals surface area contributed by atoms with Crippen LogP contribution in [0, 0.1) is 11.3 Å². The largest absolute Gasteiger partial charge is 0.497 e. The molecule has 1 aliphatic rings. The lowest BCUT2D eigenvalue weighted by Crippen LogP contribution is -2.37. The summed E-state index contributed by atoms with van der Waals surface area (Å²) in [4.78, 5) is 27.5. The van der Waals surface area contributed by atoms with Gasteiger partial charge in [0.1, 0.15) is 23.9 Å². The first-order valence-electron chi connectivity index (χ1n) is 11.0. The Labute approximate surface area is 192 Å². The molecule has 1 N–H and O–H groups in total. The van der Waals surface area contributed by atoms with Crippen LogP contribution in [0.3, 0.4) is 0 Å². The molecule has 1 saturated heterocycles. The third-order valence-corrected chi connectivity index (χ3v) is 5.85. The summed E-state index contributed by atoms with van der Waals surface area (Å²) in [7, 11) is 1.57. The van der Waals surface area contributed by atoms with Crippen molar-refractivity contribution in [1.29, 1.82) is 5.26 Å². The van der Waals surface area contributed by atoms with Crippen LogP contribution in [0.5, 0.6) is 5.75 Å². The molecule has 0 unspecified atom stereocenters. The Bertz CT molecular complexity index is 1230. The van der Waals surface area contributed by atoms with Crippen molar-refractivity contribution in [3.05, 3.63) is 65.9 Å². The van der Waals surface area contributed by atoms with Crippen LogP contribution in [0.4, 0.5) is 5.69 Å². The van der Waals surface area contributed by atoms with Gasteiger partial charge in [-0.3, -0.25) is 9.59 Å². The van der Waals surface area contributed by atoms with Crippen LogP contribution in [0.2, 0.25) is 0 Å². The van der Waals surface area contributed by atoms with E-state index in [4.69, 9.17) is 4.74 Å². The van der Waals surface area contributed by atoms with E-state index in [1.807, 2.05) is 46.0 Å². The predicted molar refractivity (Wildman–Crippen MR) is 128 cm³/mol. The summed E-state index contributed by atoms with van der Waals surface area (Å²) < 4.78 is 7.02. The van der Waals surface area contributed by atoms with Crippen molar-refractivity contribution >= 4 is 34.5 Å². The first-order valence-corrected chi connectivity index (χ1v) is 11.0. The van der Waals surface area contributed by atoms with Crippen molar-refractivity contribution in [3.63, 3.8) is 0 Å². The minimum atomic E-state index is -0.496. The fourth-order valence-electron chi connectivity index (χ4n) is 4.09. The Morgan fingerprint density at radius 3 is 2.52 bits per heavy atom. The van der Waals surface area contributed by atoms with Gasteiger partial charge in [-0.2, -0.15) is 5.26 Å². The minimum Gasteiger partial charge on any atom is -0.497 e. The topological polar surface area (TPSA) is 87.4 Å². The molecule has 0 bridgehead atoms. The average Bonchev–Trinajstić information content (AvgIpc) is 3.20. The molecule has 33 heavy (non-hydrogen) atoms. The molecule has 2 amide bonds. The third-order valence-electron chi connectivity index (χ3n) is 5.85. The zero-order valence-corrected chi connectivity index (χ0v) is 18.6. The van der Waals surface area contributed by atoms with Gasteiger partial charge in [0.25, 0.3) is 5.91 Å². The standard InChI is InChI=1S/C26H26N4O3/c1-33-22-11-9-21(10-12-22)28-26(32)19(16-27)15-20-17-30(24-8-4-3-7-23(20)24)18-25(31)29-13-5-2-6-14-29/h3-4,7-12,15,17H,2,5-6,13-14,18H2,1H3,(H,28,32)/b19-15+. The molecule has 1 aromatic heterocycles. The highest BCUT2D eigenvalue weighted by Crippen LogP contribution is 2.25. The molecule has 0 saturated carbocycles. The van der Waals surface area contributed by atoms with E-state index in [-0.39, 0.29) is 18.0 Å². The Morgan fingerprint density at radius 2 is 1.82 bits per heavy atom. The molecule has 4 rings (SSSR count). The minimum absolute atomic E-state index is 0.0175. The van der Waals surface area contributed by atoms with Crippen LogP contribution < -0.4 is 10.1 Å². The maximum Gasteiger partial charge on any atom is 0.266 e. The number of benzene rings is 2. The highest BCUT2D eigenvalue weighted by Gasteiger charge is 2.19. The highest BCUT2D eigenvalue weighted by molar-refractivity contribution is 6.10. The predicted octanol–water partition coefficient (Wildman–Crippen LogP) is 4.21. The number of aromatic nitrogens is 1. The van der Waals surface area contributed by atoms with Gasteiger partial charge >= 0.3 is 0 Å². The van der Waals surface area contributed by atoms with Crippen molar-refractivity contribution in [3.8, 4) is 11.8 Å². The van der Waals surface area contributed by atoms with Gasteiger partial charge in [-0.15, -0.1) is 0 Å². The first-order chi connectivity index (χ1) is 16.1. The van der Waals surface area contributed by atoms with Gasteiger partial charge in [-0.1, -0.05) is 18.2 Å². The summed E-state index contributed by atoms with van der Waals surface area (Å²) in [6.45, 7) is 1.83. The number of likely N-dealkylation sites (tertiary alicyclic amines) is 1. The number of carbonyl (C=O) groups excluding carboxylic acids is 2. The molecule has 0 atom stereocenters. The van der Waals surface area contributed by atoms with Crippen molar-refractivity contribution in [2.75, 3.05) is 25.5 Å². The number of nitrogens with one attached hydrogen (secondary N) is 1. The third kappa shape index (κ3) is 5.07. The fraction of sp³-hybridized carbons (Fsp3) is 0.269. The van der Waals surface area contributed by atoms with Crippen molar-refractivity contribution in [1.82, 2.24) is 9.47 Å². The number of methoxy groups -OCH3 is 1. The van der Waals surface area contributed by atoms with Gasteiger partial charge in [0.05, 0.1) is 7.11 Å². The number of rotatable bonds is 6. The molecule has 7 heteroatoms. The lowest BCUT2D eigenvalue weighted by molar-refractivity contribution is -0.132. The van der Waals surface area contributed by atoms with E-state index >= 15 is 0 Å². The molecule has 1 fully saturated rings. The molecule has 0 radical (unpaired) electrons. The van der Waals surface area contributed by atoms with E-state index in [1.54, 1.807) is 37.5 Å². The molecule has 7 nitrogen and oxygen atoms in total. The number of hydrogen-bond acceptors (Lipinski definition) is 4. The quantitative estimate of drug-likeness (QED) is 0.458. The molecule has 0 aliphatic carbocycles. The average molecular weight is 443 g/mol. The van der Waals surface area contributed by atoms with E-state index in [0.717, 1.165) is 42.4 Å². The summed E-state index contributed by atoms with van der Waals surface area (Å²) in [5.74, 6) is 0.267. The number of carbonyl (C=O) groups is 2. The molecule has 2 aromatic carbocycles. The number of nitriles is 1. The summed E-state index contributed by atoms with van der Waals surface area (Å²) in [6.07, 6.45) is 6.66. The number of anilines is 1. The molecule has 3 aromatic rings. The van der Waals surface area contributed by atoms with Gasteiger partial charge in [-0.05, 0) is 55.7 Å². The fourth-order valence-corrected chi connectivity index (χ4v) is 4.09. The summed E-state index contributed by atoms with van der Waals surface area (Å²) in [5.41, 5.74) is 2.16. The molecule has 2 heterocycles. The second-order valence-corrected chi connectivity index (χ2v) is 8.02. The molecule has 168 valence electrons. The number of nitrogens with zero attached hydrogens (tertiary/aromatic N) is 3. The smallest absolute Gasteiger partial charge is 0.266 e. The van der Waals surface area contributed by atoms with Crippen molar-refractivity contribution < 1.29 is 14.3 Å². The Hall–Kier alpha value is -4.05. The maximum atomic E-state index is 12.8. The van der Waals surface area contributed by atoms with Gasteiger partial charge in [0, 0.05) is 41.4 Å². The number of para-hydroxylation sites is 1. The van der Waals surface area contributed by atoms with E-state index in [9.17, 15) is 14.9 Å². The summed E-state index contributed by atoms with van der Waals surface area (Å²) >= 11 is 0. The SMILES string of the molecule is COc1ccc(NC(=O)/C(C#N)=C/c2cn(CC(=O)N3CCCCC3)c3ccccc23)cc1. The Morgan fingerprint density at radius 1 is 1.09 bits per heavy atom. The lowest BCUT2D eigenvalue weighted by atomic mass is 10.1. The van der Waals surface area contributed by atoms with Crippen molar-refractivity contribution in [2.24, 2.45) is 0 Å². The number of fused-ring (bicyclic) bond motifs is 1. The van der Waals surface area contributed by atoms with Crippen LogP contribution in [0.15, 0.2) is 60.3 Å². The van der Waals surface area contributed by atoms with Crippen LogP contribution in [0.1, 0.15) is 24.8 Å². The van der Waals surface area contributed by atoms with Gasteiger partial charge in [0.15, 0.2) is 0 Å². The number of ether oxygens (including phenoxy) is 1. The first kappa shape index (κ1) is 22.2.